The van der Waals surface area contributed by atoms with Crippen molar-refractivity contribution in [1.82, 2.24) is 10.0 Å². The van der Waals surface area contributed by atoms with Crippen LogP contribution in [0.4, 0.5) is 5.69 Å². The number of unbranched alkanes of at least 4 members (excludes halogenated alkanes) is 2. The number of hydrogen-bond acceptors (Lipinski definition) is 14. The summed E-state index contributed by atoms with van der Waals surface area (Å²) in [6.45, 7) is 3.36. The van der Waals surface area contributed by atoms with E-state index in [0.717, 1.165) is 16.5 Å². The second-order valence-corrected chi connectivity index (χ2v) is 17.8. The third kappa shape index (κ3) is 12.3. The highest BCUT2D eigenvalue weighted by Crippen LogP contribution is 2.51. The number of amides is 1. The predicted molar refractivity (Wildman–Crippen MR) is 202 cm³/mol. The number of carbonyl (C=O) groups is 1. The minimum Gasteiger partial charge on any atom is -0.748 e. The number of allylic oxidation sites excluding steroid dienone is 3. The molecule has 0 radical (unpaired) electrons. The number of anilines is 1. The summed E-state index contributed by atoms with van der Waals surface area (Å²) >= 11 is 0. The molecular formula is C36H46N4O12S3-2. The molecule has 1 amide bonds. The van der Waals surface area contributed by atoms with Crippen molar-refractivity contribution >= 4 is 48.0 Å². The number of carbonyl (C=O) groups excluding carboxylic acids is 1. The molecule has 19 heteroatoms. The Morgan fingerprint density at radius 1 is 0.945 bits per heavy atom. The maximum atomic E-state index is 12.1. The van der Waals surface area contributed by atoms with Gasteiger partial charge in [-0.15, -0.1) is 0 Å². The normalized spacial score (nSPS) is 17.6. The lowest BCUT2D eigenvalue weighted by Crippen LogP contribution is -2.34. The Balaban J connectivity index is 1.76. The molecule has 1 aromatic rings. The third-order valence-corrected chi connectivity index (χ3v) is 11.9. The topological polar surface area (TPSA) is 255 Å². The van der Waals surface area contributed by atoms with Gasteiger partial charge in [-0.1, -0.05) is 18.6 Å². The molecule has 3 N–H and O–H groups in total. The van der Waals surface area contributed by atoms with E-state index in [1.165, 1.54) is 18.4 Å². The highest BCUT2D eigenvalue weighted by molar-refractivity contribution is 7.86. The highest BCUT2D eigenvalue weighted by Gasteiger charge is 2.43. The first-order chi connectivity index (χ1) is 25.9. The summed E-state index contributed by atoms with van der Waals surface area (Å²) in [5, 5.41) is 0.734. The fourth-order valence-corrected chi connectivity index (χ4v) is 8.28. The van der Waals surface area contributed by atoms with Gasteiger partial charge in [0.15, 0.2) is 6.54 Å². The maximum absolute atomic E-state index is 12.1. The second kappa shape index (κ2) is 18.8. The number of methoxy groups -OCH3 is 1. The first-order valence-electron chi connectivity index (χ1n) is 17.6. The summed E-state index contributed by atoms with van der Waals surface area (Å²) < 4.78 is 118. The van der Waals surface area contributed by atoms with E-state index in [2.05, 4.69) is 5.43 Å². The molecule has 2 aliphatic heterocycles. The number of benzene rings is 2. The van der Waals surface area contributed by atoms with E-state index in [-0.39, 0.29) is 31.6 Å². The summed E-state index contributed by atoms with van der Waals surface area (Å²) in [6, 6.07) is 11.4. The zero-order valence-corrected chi connectivity index (χ0v) is 33.1. The van der Waals surface area contributed by atoms with E-state index in [0.29, 0.717) is 68.2 Å². The molecule has 2 heterocycles. The minimum absolute atomic E-state index is 0.0273. The Morgan fingerprint density at radius 2 is 1.67 bits per heavy atom. The van der Waals surface area contributed by atoms with Crippen molar-refractivity contribution in [3.8, 4) is 11.3 Å². The van der Waals surface area contributed by atoms with Crippen LogP contribution in [-0.4, -0.2) is 89.7 Å². The van der Waals surface area contributed by atoms with Gasteiger partial charge in [-0.05, 0) is 80.1 Å². The van der Waals surface area contributed by atoms with Crippen LogP contribution in [0.1, 0.15) is 63.0 Å². The van der Waals surface area contributed by atoms with Gasteiger partial charge in [-0.2, -0.15) is 0 Å². The lowest BCUT2D eigenvalue weighted by atomic mass is 9.77. The van der Waals surface area contributed by atoms with Crippen LogP contribution in [0.25, 0.3) is 17.4 Å². The molecule has 1 unspecified atom stereocenters. The van der Waals surface area contributed by atoms with Gasteiger partial charge in [0.05, 0.1) is 37.5 Å². The molecule has 0 fully saturated rings. The number of nitrogens with one attached hydrogen (secondary N) is 1. The van der Waals surface area contributed by atoms with Crippen LogP contribution in [0.2, 0.25) is 0 Å². The Hall–Kier alpha value is -3.95. The van der Waals surface area contributed by atoms with Crippen molar-refractivity contribution in [2.75, 3.05) is 49.8 Å². The van der Waals surface area contributed by atoms with Gasteiger partial charge >= 0.3 is 0 Å². The first kappa shape index (κ1) is 43.8. The van der Waals surface area contributed by atoms with Crippen LogP contribution in [0.3, 0.4) is 0 Å². The summed E-state index contributed by atoms with van der Waals surface area (Å²) in [5.74, 6) is 4.30. The summed E-state index contributed by atoms with van der Waals surface area (Å²) in [4.78, 5) is 13.2. The van der Waals surface area contributed by atoms with E-state index in [1.807, 2.05) is 46.8 Å². The molecule has 3 aliphatic rings. The van der Waals surface area contributed by atoms with E-state index in [4.69, 9.17) is 15.0 Å². The second-order valence-electron chi connectivity index (χ2n) is 13.4. The third-order valence-electron chi connectivity index (χ3n) is 9.52. The summed E-state index contributed by atoms with van der Waals surface area (Å²) in [6.07, 6.45) is 9.31. The van der Waals surface area contributed by atoms with Crippen molar-refractivity contribution in [3.05, 3.63) is 83.1 Å². The van der Waals surface area contributed by atoms with E-state index in [1.54, 1.807) is 25.3 Å². The highest BCUT2D eigenvalue weighted by atomic mass is 32.2. The number of nitrogens with two attached hydrogens (primary N) is 1. The standard InChI is InChI=1S/C36H48N4O12S3/c1-36(17-7-23-53(42,43)44)31-26-29(55(48,49)50)13-15-32(31)40(19-5-3-4-11-35(41)38-37)34(36)10-6-9-27-16-21-52-33-25-28(12-14-30(27)33)39(20-22-51-2)18-8-24-54(45,46)47/h6,9-10,12-16,21,25-26H,3-5,7-8,11,17-20,22-24,37H2,1-2H3,(H3-,38,41,42,43,44,45,46,47,48,49,50)/p-2. The van der Waals surface area contributed by atoms with Crippen molar-refractivity contribution < 1.29 is 52.9 Å². The molecule has 0 saturated carbocycles. The van der Waals surface area contributed by atoms with Gasteiger partial charge < -0.3 is 27.7 Å². The quantitative estimate of drug-likeness (QED) is 0.0414. The number of fused-ring (bicyclic) bond motifs is 2. The number of hydrogen-bond donors (Lipinski definition) is 2. The Morgan fingerprint density at radius 3 is 2.35 bits per heavy atom. The maximum Gasteiger partial charge on any atom is 0.233 e. The minimum atomic E-state index is -4.84. The van der Waals surface area contributed by atoms with Gasteiger partial charge in [0.1, 0.15) is 29.0 Å². The van der Waals surface area contributed by atoms with Crippen LogP contribution < -0.4 is 26.1 Å². The van der Waals surface area contributed by atoms with Crippen molar-refractivity contribution in [2.24, 2.45) is 5.84 Å². The largest absolute Gasteiger partial charge is 0.748 e. The fourth-order valence-electron chi connectivity index (χ4n) is 6.80. The monoisotopic (exact) mass is 822 g/mol. The molecule has 1 atom stereocenters. The van der Waals surface area contributed by atoms with Gasteiger partial charge in [0.2, 0.25) is 11.3 Å². The summed E-state index contributed by atoms with van der Waals surface area (Å²) in [5.41, 5.74) is 4.42. The molecule has 0 saturated heterocycles. The Bertz CT molecular complexity index is 2270. The van der Waals surface area contributed by atoms with E-state index >= 15 is 0 Å². The molecular weight excluding hydrogens is 777 g/mol. The molecule has 0 spiro atoms. The number of ether oxygens (including phenoxy) is 1. The van der Waals surface area contributed by atoms with Crippen molar-refractivity contribution in [3.63, 3.8) is 0 Å². The molecule has 4 rings (SSSR count). The zero-order valence-electron chi connectivity index (χ0n) is 30.6. The number of nitrogens with zero attached hydrogens (tertiary/aromatic N) is 2. The van der Waals surface area contributed by atoms with E-state index < -0.39 is 52.2 Å². The molecule has 0 aromatic heterocycles. The lowest BCUT2D eigenvalue weighted by Gasteiger charge is -2.31. The molecule has 1 aliphatic carbocycles. The SMILES string of the molecule is COCC[N+](CCCS(=O)(=O)[O-])=c1ccc2c(/C=C/C=C3/N(CCCCCC(=O)NN)c4ccc(S(=O)(=O)[O-])cc4C3(C)CCCS(=O)(=O)[O-])ccoc-2c1. The summed E-state index contributed by atoms with van der Waals surface area (Å²) in [7, 11) is -12.2. The zero-order chi connectivity index (χ0) is 40.4. The predicted octanol–water partition coefficient (Wildman–Crippen LogP) is 2.19. The molecule has 0 bridgehead atoms. The lowest BCUT2D eigenvalue weighted by molar-refractivity contribution is -0.121. The number of rotatable bonds is 20. The van der Waals surface area contributed by atoms with Crippen LogP contribution in [0, 0.1) is 0 Å². The molecule has 302 valence electrons. The molecule has 16 nitrogen and oxygen atoms in total. The number of hydrazine groups is 1. The van der Waals surface area contributed by atoms with Gasteiger partial charge in [-0.3, -0.25) is 10.2 Å². The van der Waals surface area contributed by atoms with Crippen LogP contribution in [0.15, 0.2) is 75.9 Å². The molecule has 1 aromatic carbocycles. The average molecular weight is 823 g/mol. The van der Waals surface area contributed by atoms with Crippen molar-refractivity contribution in [1.29, 1.82) is 0 Å². The van der Waals surface area contributed by atoms with Crippen LogP contribution in [0.5, 0.6) is 0 Å². The Labute approximate surface area is 321 Å². The van der Waals surface area contributed by atoms with Gasteiger partial charge in [-0.25, -0.2) is 35.7 Å². The van der Waals surface area contributed by atoms with Crippen LogP contribution >= 0.6 is 0 Å². The van der Waals surface area contributed by atoms with Gasteiger partial charge in [0, 0.05) is 66.4 Å². The van der Waals surface area contributed by atoms with E-state index in [9.17, 15) is 43.7 Å². The fraction of sp³-hybridized carbons (Fsp3) is 0.444. The molecule has 55 heavy (non-hydrogen) atoms. The average Bonchev–Trinajstić information content (AvgIpc) is 3.33. The van der Waals surface area contributed by atoms with Crippen LogP contribution in [-0.2, 0) is 45.3 Å². The van der Waals surface area contributed by atoms with Crippen molar-refractivity contribution in [2.45, 2.75) is 62.2 Å². The first-order valence-corrected chi connectivity index (χ1v) is 22.1. The Kier molecular flexibility index (Phi) is 15.0. The van der Waals surface area contributed by atoms with Gasteiger partial charge in [0.25, 0.3) is 0 Å². The smallest absolute Gasteiger partial charge is 0.233 e.